The Balaban J connectivity index is 2.06. The number of aliphatic hydroxyl groups is 1. The summed E-state index contributed by atoms with van der Waals surface area (Å²) in [6.07, 6.45) is 6.85. The van der Waals surface area contributed by atoms with Gasteiger partial charge < -0.3 is 10.4 Å². The lowest BCUT2D eigenvalue weighted by Crippen LogP contribution is -2.48. The number of aromatic nitrogens is 2. The number of aliphatic hydroxyl groups excluding tert-OH is 1. The number of carbonyl (C=O) groups is 1. The van der Waals surface area contributed by atoms with E-state index in [1.54, 1.807) is 17.8 Å². The van der Waals surface area contributed by atoms with Crippen molar-refractivity contribution in [2.24, 2.45) is 7.05 Å². The van der Waals surface area contributed by atoms with Gasteiger partial charge in [-0.25, -0.2) is 0 Å². The first-order valence-corrected chi connectivity index (χ1v) is 7.15. The molecule has 0 spiro atoms. The molecule has 0 bridgehead atoms. The van der Waals surface area contributed by atoms with Gasteiger partial charge >= 0.3 is 0 Å². The summed E-state index contributed by atoms with van der Waals surface area (Å²) in [4.78, 5) is 12.0. The minimum atomic E-state index is -0.449. The molecule has 1 aliphatic carbocycles. The van der Waals surface area contributed by atoms with E-state index >= 15 is 0 Å². The lowest BCUT2D eigenvalue weighted by molar-refractivity contribution is -0.118. The van der Waals surface area contributed by atoms with Crippen LogP contribution in [0.15, 0.2) is 6.08 Å². The van der Waals surface area contributed by atoms with E-state index in [1.165, 1.54) is 6.08 Å². The van der Waals surface area contributed by atoms with Gasteiger partial charge in [-0.2, -0.15) is 5.10 Å². The number of carbonyl (C=O) groups excluding carboxylic acids is 1. The molecule has 0 aliphatic heterocycles. The Bertz CT molecular complexity index is 531. The van der Waals surface area contributed by atoms with Crippen LogP contribution in [0.5, 0.6) is 0 Å². The van der Waals surface area contributed by atoms with Crippen molar-refractivity contribution in [2.45, 2.75) is 38.1 Å². The van der Waals surface area contributed by atoms with Gasteiger partial charge in [-0.1, -0.05) is 24.4 Å². The third-order valence-electron chi connectivity index (χ3n) is 3.85. The molecule has 5 nitrogen and oxygen atoms in total. The van der Waals surface area contributed by atoms with Gasteiger partial charge in [0.25, 0.3) is 0 Å². The standard InChI is InChI=1S/C14H20ClN3O2/c1-10-11(13(15)18(2)17-10)5-6-12(20)16-14(9-19)7-3-4-8-14/h5-6,19H,3-4,7-9H2,1-2H3,(H,16,20). The highest BCUT2D eigenvalue weighted by atomic mass is 35.5. The zero-order valence-corrected chi connectivity index (χ0v) is 12.6. The van der Waals surface area contributed by atoms with E-state index in [-0.39, 0.29) is 12.5 Å². The van der Waals surface area contributed by atoms with Gasteiger partial charge in [0.05, 0.1) is 17.8 Å². The molecule has 0 aromatic carbocycles. The van der Waals surface area contributed by atoms with E-state index in [0.29, 0.717) is 5.15 Å². The topological polar surface area (TPSA) is 67.2 Å². The molecule has 2 rings (SSSR count). The fourth-order valence-electron chi connectivity index (χ4n) is 2.67. The first-order valence-electron chi connectivity index (χ1n) is 6.78. The summed E-state index contributed by atoms with van der Waals surface area (Å²) in [6, 6.07) is 0. The van der Waals surface area contributed by atoms with Gasteiger partial charge in [-0.05, 0) is 25.8 Å². The summed E-state index contributed by atoms with van der Waals surface area (Å²) in [7, 11) is 1.76. The maximum Gasteiger partial charge on any atom is 0.244 e. The van der Waals surface area contributed by atoms with Crippen LogP contribution in [0, 0.1) is 6.92 Å². The zero-order valence-electron chi connectivity index (χ0n) is 11.8. The molecular weight excluding hydrogens is 278 g/mol. The predicted molar refractivity (Wildman–Crippen MR) is 78.4 cm³/mol. The molecule has 1 aromatic heterocycles. The van der Waals surface area contributed by atoms with Gasteiger partial charge in [-0.15, -0.1) is 0 Å². The van der Waals surface area contributed by atoms with Crippen LogP contribution < -0.4 is 5.32 Å². The Morgan fingerprint density at radius 3 is 2.70 bits per heavy atom. The van der Waals surface area contributed by atoms with Crippen molar-refractivity contribution in [2.75, 3.05) is 6.61 Å². The van der Waals surface area contributed by atoms with Crippen molar-refractivity contribution in [1.82, 2.24) is 15.1 Å². The number of nitrogens with zero attached hydrogens (tertiary/aromatic N) is 2. The Labute approximate surface area is 123 Å². The molecular formula is C14H20ClN3O2. The molecule has 1 aromatic rings. The molecule has 20 heavy (non-hydrogen) atoms. The highest BCUT2D eigenvalue weighted by Crippen LogP contribution is 2.29. The first-order chi connectivity index (χ1) is 9.47. The largest absolute Gasteiger partial charge is 0.394 e. The highest BCUT2D eigenvalue weighted by Gasteiger charge is 2.33. The Hall–Kier alpha value is -1.33. The average Bonchev–Trinajstić information content (AvgIpc) is 2.95. The molecule has 1 fully saturated rings. The van der Waals surface area contributed by atoms with Crippen molar-refractivity contribution < 1.29 is 9.90 Å². The summed E-state index contributed by atoms with van der Waals surface area (Å²) in [5.74, 6) is -0.208. The number of hydrogen-bond donors (Lipinski definition) is 2. The highest BCUT2D eigenvalue weighted by molar-refractivity contribution is 6.31. The third-order valence-corrected chi connectivity index (χ3v) is 4.30. The summed E-state index contributed by atoms with van der Waals surface area (Å²) in [6.45, 7) is 1.83. The molecule has 0 radical (unpaired) electrons. The van der Waals surface area contributed by atoms with E-state index in [1.807, 2.05) is 6.92 Å². The monoisotopic (exact) mass is 297 g/mol. The number of rotatable bonds is 4. The van der Waals surface area contributed by atoms with Crippen molar-refractivity contribution in [3.8, 4) is 0 Å². The lowest BCUT2D eigenvalue weighted by Gasteiger charge is -2.27. The fraction of sp³-hybridized carbons (Fsp3) is 0.571. The van der Waals surface area contributed by atoms with E-state index in [0.717, 1.165) is 36.9 Å². The number of amides is 1. The maximum atomic E-state index is 12.0. The molecule has 0 unspecified atom stereocenters. The van der Waals surface area contributed by atoms with Gasteiger partial charge in [0, 0.05) is 18.7 Å². The molecule has 1 amide bonds. The minimum Gasteiger partial charge on any atom is -0.394 e. The van der Waals surface area contributed by atoms with Gasteiger partial charge in [-0.3, -0.25) is 9.48 Å². The third kappa shape index (κ3) is 3.04. The van der Waals surface area contributed by atoms with Crippen LogP contribution in [-0.4, -0.2) is 32.9 Å². The Kier molecular flexibility index (Phi) is 4.50. The smallest absolute Gasteiger partial charge is 0.244 e. The maximum absolute atomic E-state index is 12.0. The Morgan fingerprint density at radius 2 is 2.20 bits per heavy atom. The van der Waals surface area contributed by atoms with Crippen LogP contribution in [0.4, 0.5) is 0 Å². The SMILES string of the molecule is Cc1nn(C)c(Cl)c1C=CC(=O)NC1(CO)CCCC1. The van der Waals surface area contributed by atoms with E-state index < -0.39 is 5.54 Å². The fourth-order valence-corrected chi connectivity index (χ4v) is 2.91. The molecule has 1 saturated carbocycles. The summed E-state index contributed by atoms with van der Waals surface area (Å²) < 4.78 is 1.57. The minimum absolute atomic E-state index is 0.0146. The lowest BCUT2D eigenvalue weighted by atomic mass is 9.99. The zero-order chi connectivity index (χ0) is 14.8. The van der Waals surface area contributed by atoms with Gasteiger partial charge in [0.1, 0.15) is 5.15 Å². The number of nitrogens with one attached hydrogen (secondary N) is 1. The normalized spacial score (nSPS) is 17.8. The van der Waals surface area contributed by atoms with Gasteiger partial charge in [0.15, 0.2) is 0 Å². The molecule has 110 valence electrons. The molecule has 0 atom stereocenters. The molecule has 6 heteroatoms. The first kappa shape index (κ1) is 15.1. The Morgan fingerprint density at radius 1 is 1.55 bits per heavy atom. The van der Waals surface area contributed by atoms with Crippen molar-refractivity contribution >= 4 is 23.6 Å². The number of aryl methyl sites for hydroxylation is 2. The van der Waals surface area contributed by atoms with Crippen LogP contribution in [-0.2, 0) is 11.8 Å². The van der Waals surface area contributed by atoms with Crippen LogP contribution in [0.1, 0.15) is 36.9 Å². The second-order valence-corrected chi connectivity index (χ2v) is 5.74. The number of hydrogen-bond acceptors (Lipinski definition) is 3. The molecule has 1 aliphatic rings. The van der Waals surface area contributed by atoms with E-state index in [9.17, 15) is 9.90 Å². The quantitative estimate of drug-likeness (QED) is 0.833. The second-order valence-electron chi connectivity index (χ2n) is 5.38. The molecule has 0 saturated heterocycles. The van der Waals surface area contributed by atoms with Crippen LogP contribution in [0.2, 0.25) is 5.15 Å². The van der Waals surface area contributed by atoms with Crippen LogP contribution in [0.25, 0.3) is 6.08 Å². The van der Waals surface area contributed by atoms with Crippen molar-refractivity contribution in [3.05, 3.63) is 22.5 Å². The van der Waals surface area contributed by atoms with E-state index in [4.69, 9.17) is 11.6 Å². The molecule has 2 N–H and O–H groups in total. The predicted octanol–water partition coefficient (Wildman–Crippen LogP) is 1.82. The van der Waals surface area contributed by atoms with Crippen LogP contribution in [0.3, 0.4) is 0 Å². The van der Waals surface area contributed by atoms with E-state index in [2.05, 4.69) is 10.4 Å². The second kappa shape index (κ2) is 5.97. The van der Waals surface area contributed by atoms with Crippen molar-refractivity contribution in [1.29, 1.82) is 0 Å². The van der Waals surface area contributed by atoms with Gasteiger partial charge in [0.2, 0.25) is 5.91 Å². The molecule has 1 heterocycles. The summed E-state index contributed by atoms with van der Waals surface area (Å²) in [5, 5.41) is 17.1. The van der Waals surface area contributed by atoms with Crippen molar-refractivity contribution in [3.63, 3.8) is 0 Å². The summed E-state index contributed by atoms with van der Waals surface area (Å²) in [5.41, 5.74) is 1.07. The van der Waals surface area contributed by atoms with Crippen LogP contribution >= 0.6 is 11.6 Å². The summed E-state index contributed by atoms with van der Waals surface area (Å²) >= 11 is 6.10. The number of halogens is 1. The average molecular weight is 298 g/mol.